The Morgan fingerprint density at radius 1 is 1.14 bits per heavy atom. The molecule has 0 saturated heterocycles. The second-order valence-corrected chi connectivity index (χ2v) is 6.85. The Labute approximate surface area is 132 Å². The molecule has 0 bridgehead atoms. The smallest absolute Gasteiger partial charge is 0.270 e. The predicted octanol–water partition coefficient (Wildman–Crippen LogP) is 3.67. The van der Waals surface area contributed by atoms with Crippen LogP contribution in [0.2, 0.25) is 5.02 Å². The van der Waals surface area contributed by atoms with Gasteiger partial charge in [-0.15, -0.1) is 0 Å². The van der Waals surface area contributed by atoms with Crippen LogP contribution in [0, 0.1) is 24.0 Å². The highest BCUT2D eigenvalue weighted by molar-refractivity contribution is 7.92. The van der Waals surface area contributed by atoms with Crippen LogP contribution >= 0.6 is 11.6 Å². The van der Waals surface area contributed by atoms with Crippen molar-refractivity contribution in [2.45, 2.75) is 18.7 Å². The molecule has 22 heavy (non-hydrogen) atoms. The Hall–Kier alpha value is -2.12. The molecule has 0 aromatic heterocycles. The monoisotopic (exact) mass is 340 g/mol. The van der Waals surface area contributed by atoms with E-state index in [0.29, 0.717) is 5.69 Å². The number of sulfonamides is 1. The van der Waals surface area contributed by atoms with Crippen LogP contribution < -0.4 is 4.72 Å². The summed E-state index contributed by atoms with van der Waals surface area (Å²) in [6, 6.07) is 8.50. The van der Waals surface area contributed by atoms with E-state index in [1.807, 2.05) is 13.0 Å². The molecule has 0 spiro atoms. The fourth-order valence-corrected chi connectivity index (χ4v) is 3.59. The molecule has 0 aliphatic rings. The highest BCUT2D eigenvalue weighted by Gasteiger charge is 2.22. The van der Waals surface area contributed by atoms with Crippen molar-refractivity contribution >= 4 is 33.0 Å². The molecular formula is C14H13ClN2O4S. The van der Waals surface area contributed by atoms with Gasteiger partial charge in [0.15, 0.2) is 0 Å². The van der Waals surface area contributed by atoms with Crippen molar-refractivity contribution in [1.29, 1.82) is 0 Å². The van der Waals surface area contributed by atoms with Crippen molar-refractivity contribution < 1.29 is 13.3 Å². The highest BCUT2D eigenvalue weighted by atomic mass is 35.5. The Kier molecular flexibility index (Phi) is 4.39. The van der Waals surface area contributed by atoms with Gasteiger partial charge in [0.1, 0.15) is 4.90 Å². The van der Waals surface area contributed by atoms with Crippen LogP contribution in [0.15, 0.2) is 41.3 Å². The summed E-state index contributed by atoms with van der Waals surface area (Å²) in [5.74, 6) is 0. The molecule has 0 atom stereocenters. The second kappa shape index (κ2) is 5.94. The average molecular weight is 341 g/mol. The predicted molar refractivity (Wildman–Crippen MR) is 84.8 cm³/mol. The minimum absolute atomic E-state index is 0.0807. The highest BCUT2D eigenvalue weighted by Crippen LogP contribution is 2.28. The fraction of sp³-hybridized carbons (Fsp3) is 0.143. The van der Waals surface area contributed by atoms with Crippen LogP contribution in [0.3, 0.4) is 0 Å². The number of rotatable bonds is 4. The van der Waals surface area contributed by atoms with Crippen molar-refractivity contribution in [2.24, 2.45) is 0 Å². The zero-order valence-electron chi connectivity index (χ0n) is 11.8. The zero-order valence-corrected chi connectivity index (χ0v) is 13.4. The van der Waals surface area contributed by atoms with Crippen LogP contribution in [0.4, 0.5) is 11.4 Å². The molecule has 2 aromatic carbocycles. The minimum atomic E-state index is -4.02. The molecule has 116 valence electrons. The third-order valence-electron chi connectivity index (χ3n) is 3.04. The molecule has 0 unspecified atom stereocenters. The van der Waals surface area contributed by atoms with Crippen molar-refractivity contribution in [3.8, 4) is 0 Å². The lowest BCUT2D eigenvalue weighted by Crippen LogP contribution is -2.14. The van der Waals surface area contributed by atoms with Crippen LogP contribution in [0.5, 0.6) is 0 Å². The minimum Gasteiger partial charge on any atom is -0.279 e. The lowest BCUT2D eigenvalue weighted by Gasteiger charge is -2.12. The van der Waals surface area contributed by atoms with Crippen molar-refractivity contribution in [3.05, 3.63) is 62.7 Å². The van der Waals surface area contributed by atoms with Gasteiger partial charge in [-0.3, -0.25) is 14.8 Å². The van der Waals surface area contributed by atoms with Crippen molar-refractivity contribution in [2.75, 3.05) is 4.72 Å². The number of hydrogen-bond acceptors (Lipinski definition) is 4. The first-order valence-electron chi connectivity index (χ1n) is 6.25. The number of nitrogens with one attached hydrogen (secondary N) is 1. The summed E-state index contributed by atoms with van der Waals surface area (Å²) in [4.78, 5) is 9.78. The Balaban J connectivity index is 2.46. The van der Waals surface area contributed by atoms with Gasteiger partial charge < -0.3 is 0 Å². The van der Waals surface area contributed by atoms with Gasteiger partial charge in [-0.2, -0.15) is 0 Å². The lowest BCUT2D eigenvalue weighted by atomic mass is 10.1. The van der Waals surface area contributed by atoms with Gasteiger partial charge in [0, 0.05) is 12.1 Å². The second-order valence-electron chi connectivity index (χ2n) is 4.80. The molecule has 0 aliphatic heterocycles. The van der Waals surface area contributed by atoms with Gasteiger partial charge in [0.25, 0.3) is 15.7 Å². The van der Waals surface area contributed by atoms with E-state index in [-0.39, 0.29) is 15.6 Å². The molecule has 0 saturated carbocycles. The summed E-state index contributed by atoms with van der Waals surface area (Å²) in [6.07, 6.45) is 0. The molecule has 1 N–H and O–H groups in total. The van der Waals surface area contributed by atoms with Gasteiger partial charge in [-0.05, 0) is 31.5 Å². The maximum absolute atomic E-state index is 12.4. The zero-order chi connectivity index (χ0) is 16.5. The SMILES string of the molecule is Cc1ccc(NS(=O)(=O)c2cc([N+](=O)[O-])ccc2Cl)c(C)c1. The molecule has 0 heterocycles. The summed E-state index contributed by atoms with van der Waals surface area (Å²) in [6.45, 7) is 3.66. The Morgan fingerprint density at radius 2 is 1.82 bits per heavy atom. The van der Waals surface area contributed by atoms with E-state index < -0.39 is 14.9 Å². The summed E-state index contributed by atoms with van der Waals surface area (Å²) < 4.78 is 27.2. The maximum atomic E-state index is 12.4. The van der Waals surface area contributed by atoms with Gasteiger partial charge in [0.05, 0.1) is 15.6 Å². The average Bonchev–Trinajstić information content (AvgIpc) is 2.42. The number of nitro benzene ring substituents is 1. The first-order chi connectivity index (χ1) is 10.2. The lowest BCUT2D eigenvalue weighted by molar-refractivity contribution is -0.385. The molecular weight excluding hydrogens is 328 g/mol. The van der Waals surface area contributed by atoms with Crippen LogP contribution in [-0.2, 0) is 10.0 Å². The number of anilines is 1. The maximum Gasteiger partial charge on any atom is 0.270 e. The summed E-state index contributed by atoms with van der Waals surface area (Å²) in [7, 11) is -4.02. The number of hydrogen-bond donors (Lipinski definition) is 1. The standard InChI is InChI=1S/C14H13ClN2O4S/c1-9-3-6-13(10(2)7-9)16-22(20,21)14-8-11(17(18)19)4-5-12(14)15/h3-8,16H,1-2H3. The quantitative estimate of drug-likeness (QED) is 0.679. The number of halogens is 1. The van der Waals surface area contributed by atoms with E-state index in [9.17, 15) is 18.5 Å². The van der Waals surface area contributed by atoms with Crippen LogP contribution in [0.25, 0.3) is 0 Å². The molecule has 2 rings (SSSR count). The first-order valence-corrected chi connectivity index (χ1v) is 8.11. The largest absolute Gasteiger partial charge is 0.279 e. The van der Waals surface area contributed by atoms with E-state index in [4.69, 9.17) is 11.6 Å². The summed E-state index contributed by atoms with van der Waals surface area (Å²) >= 11 is 5.87. The Bertz CT molecular complexity index is 850. The molecule has 6 nitrogen and oxygen atoms in total. The summed E-state index contributed by atoms with van der Waals surface area (Å²) in [5.41, 5.74) is 1.79. The molecule has 0 amide bonds. The number of nitrogens with zero attached hydrogens (tertiary/aromatic N) is 1. The number of nitro groups is 1. The van der Waals surface area contributed by atoms with E-state index in [1.54, 1.807) is 19.1 Å². The van der Waals surface area contributed by atoms with Crippen LogP contribution in [0.1, 0.15) is 11.1 Å². The number of benzene rings is 2. The number of non-ortho nitro benzene ring substituents is 1. The fourth-order valence-electron chi connectivity index (χ4n) is 1.94. The molecule has 0 fully saturated rings. The van der Waals surface area contributed by atoms with E-state index >= 15 is 0 Å². The first kappa shape index (κ1) is 16.3. The molecule has 8 heteroatoms. The van der Waals surface area contributed by atoms with Crippen molar-refractivity contribution in [1.82, 2.24) is 0 Å². The third-order valence-corrected chi connectivity index (χ3v) is 4.89. The van der Waals surface area contributed by atoms with E-state index in [1.165, 1.54) is 6.07 Å². The normalized spacial score (nSPS) is 11.2. The molecule has 0 radical (unpaired) electrons. The van der Waals surface area contributed by atoms with Gasteiger partial charge in [-0.25, -0.2) is 8.42 Å². The third kappa shape index (κ3) is 3.37. The molecule has 0 aliphatic carbocycles. The van der Waals surface area contributed by atoms with E-state index in [0.717, 1.165) is 23.3 Å². The molecule has 2 aromatic rings. The van der Waals surface area contributed by atoms with Gasteiger partial charge in [0.2, 0.25) is 0 Å². The van der Waals surface area contributed by atoms with Crippen LogP contribution in [-0.4, -0.2) is 13.3 Å². The van der Waals surface area contributed by atoms with E-state index in [2.05, 4.69) is 4.72 Å². The topological polar surface area (TPSA) is 89.3 Å². The van der Waals surface area contributed by atoms with Gasteiger partial charge >= 0.3 is 0 Å². The summed E-state index contributed by atoms with van der Waals surface area (Å²) in [5, 5.41) is 10.7. The Morgan fingerprint density at radius 3 is 2.41 bits per heavy atom. The van der Waals surface area contributed by atoms with Crippen molar-refractivity contribution in [3.63, 3.8) is 0 Å². The van der Waals surface area contributed by atoms with Gasteiger partial charge in [-0.1, -0.05) is 29.3 Å². The number of aryl methyl sites for hydroxylation is 2.